The molecule has 0 radical (unpaired) electrons. The second-order valence-electron chi connectivity index (χ2n) is 7.22. The predicted octanol–water partition coefficient (Wildman–Crippen LogP) is 3.26. The molecule has 3 aromatic rings. The molecule has 7 nitrogen and oxygen atoms in total. The predicted molar refractivity (Wildman–Crippen MR) is 119 cm³/mol. The van der Waals surface area contributed by atoms with E-state index in [9.17, 15) is 13.2 Å². The minimum Gasteiger partial charge on any atom is -0.347 e. The molecular weight excluding hydrogens is 420 g/mol. The molecule has 2 heterocycles. The summed E-state index contributed by atoms with van der Waals surface area (Å²) in [6, 6.07) is 13.2. The van der Waals surface area contributed by atoms with Crippen molar-refractivity contribution in [3.63, 3.8) is 0 Å². The van der Waals surface area contributed by atoms with Gasteiger partial charge in [0.05, 0.1) is 4.90 Å². The van der Waals surface area contributed by atoms with Gasteiger partial charge in [-0.25, -0.2) is 13.4 Å². The molecule has 1 amide bonds. The van der Waals surface area contributed by atoms with E-state index in [1.54, 1.807) is 60.0 Å². The number of hydrogen-bond acceptors (Lipinski definition) is 6. The Morgan fingerprint density at radius 2 is 2.00 bits per heavy atom. The number of thiazole rings is 1. The Hall–Kier alpha value is -2.91. The van der Waals surface area contributed by atoms with Crippen LogP contribution in [0.1, 0.15) is 22.3 Å². The highest BCUT2D eigenvalue weighted by Gasteiger charge is 2.25. The number of nitrogens with one attached hydrogen (secondary N) is 2. The number of anilines is 2. The fraction of sp³-hybridized carbons (Fsp3) is 0.238. The first kappa shape index (κ1) is 20.4. The van der Waals surface area contributed by atoms with Gasteiger partial charge in [-0.3, -0.25) is 9.52 Å². The summed E-state index contributed by atoms with van der Waals surface area (Å²) in [5.74, 6) is -0.172. The summed E-state index contributed by atoms with van der Waals surface area (Å²) in [5, 5.41) is 5.95. The summed E-state index contributed by atoms with van der Waals surface area (Å²) >= 11 is 1.59. The summed E-state index contributed by atoms with van der Waals surface area (Å²) < 4.78 is 27.6. The largest absolute Gasteiger partial charge is 0.347 e. The van der Waals surface area contributed by atoms with E-state index in [-0.39, 0.29) is 16.8 Å². The van der Waals surface area contributed by atoms with Crippen LogP contribution in [0.2, 0.25) is 0 Å². The van der Waals surface area contributed by atoms with E-state index in [2.05, 4.69) is 19.9 Å². The fourth-order valence-electron chi connectivity index (χ4n) is 3.38. The summed E-state index contributed by atoms with van der Waals surface area (Å²) in [6.45, 7) is 3.43. The highest BCUT2D eigenvalue weighted by Crippen LogP contribution is 2.23. The van der Waals surface area contributed by atoms with Gasteiger partial charge < -0.3 is 10.2 Å². The SMILES string of the molecule is Cc1cccc(S(=O)(=O)Nc2ccc(C(=O)NC3CCN(c4nccs4)C3)cc2)c1. The van der Waals surface area contributed by atoms with Crippen LogP contribution in [0, 0.1) is 6.92 Å². The van der Waals surface area contributed by atoms with Gasteiger partial charge in [-0.2, -0.15) is 0 Å². The van der Waals surface area contributed by atoms with Crippen LogP contribution >= 0.6 is 11.3 Å². The van der Waals surface area contributed by atoms with Gasteiger partial charge in [0, 0.05) is 42.0 Å². The maximum absolute atomic E-state index is 12.6. The van der Waals surface area contributed by atoms with Crippen LogP contribution in [0.15, 0.2) is 65.0 Å². The molecule has 0 aliphatic carbocycles. The van der Waals surface area contributed by atoms with Crippen molar-refractivity contribution >= 4 is 38.1 Å². The lowest BCUT2D eigenvalue weighted by molar-refractivity contribution is 0.0940. The van der Waals surface area contributed by atoms with Crippen molar-refractivity contribution < 1.29 is 13.2 Å². The molecule has 1 aromatic heterocycles. The molecule has 0 bridgehead atoms. The molecule has 1 unspecified atom stereocenters. The van der Waals surface area contributed by atoms with Crippen molar-refractivity contribution in [2.45, 2.75) is 24.3 Å². The molecule has 4 rings (SSSR count). The van der Waals surface area contributed by atoms with Crippen molar-refractivity contribution in [3.05, 3.63) is 71.2 Å². The number of sulfonamides is 1. The Bertz CT molecular complexity index is 1130. The molecule has 1 aliphatic rings. The van der Waals surface area contributed by atoms with Gasteiger partial charge in [0.2, 0.25) is 0 Å². The van der Waals surface area contributed by atoms with Gasteiger partial charge in [-0.1, -0.05) is 12.1 Å². The molecule has 0 saturated carbocycles. The summed E-state index contributed by atoms with van der Waals surface area (Å²) in [5.41, 5.74) is 1.76. The molecular formula is C21H22N4O3S2. The lowest BCUT2D eigenvalue weighted by atomic mass is 10.1. The fourth-order valence-corrected chi connectivity index (χ4v) is 5.22. The third kappa shape index (κ3) is 4.63. The van der Waals surface area contributed by atoms with Crippen LogP contribution in [-0.2, 0) is 10.0 Å². The molecule has 9 heteroatoms. The second-order valence-corrected chi connectivity index (χ2v) is 9.77. The summed E-state index contributed by atoms with van der Waals surface area (Å²) in [4.78, 5) is 19.2. The van der Waals surface area contributed by atoms with Crippen molar-refractivity contribution in [3.8, 4) is 0 Å². The first-order valence-electron chi connectivity index (χ1n) is 9.55. The second kappa shape index (κ2) is 8.45. The van der Waals surface area contributed by atoms with Crippen LogP contribution in [-0.4, -0.2) is 38.4 Å². The number of benzene rings is 2. The molecule has 1 saturated heterocycles. The average Bonchev–Trinajstić information content (AvgIpc) is 3.40. The lowest BCUT2D eigenvalue weighted by Gasteiger charge is -2.16. The molecule has 1 aliphatic heterocycles. The van der Waals surface area contributed by atoms with E-state index in [0.29, 0.717) is 11.3 Å². The van der Waals surface area contributed by atoms with Gasteiger partial charge in [0.25, 0.3) is 15.9 Å². The number of carbonyl (C=O) groups is 1. The number of aromatic nitrogens is 1. The van der Waals surface area contributed by atoms with E-state index in [1.165, 1.54) is 0 Å². The van der Waals surface area contributed by atoms with Crippen molar-refractivity contribution in [2.75, 3.05) is 22.7 Å². The maximum atomic E-state index is 12.6. The highest BCUT2D eigenvalue weighted by atomic mass is 32.2. The van der Waals surface area contributed by atoms with E-state index >= 15 is 0 Å². The normalized spacial score (nSPS) is 16.4. The van der Waals surface area contributed by atoms with Crippen LogP contribution in [0.3, 0.4) is 0 Å². The third-order valence-electron chi connectivity index (χ3n) is 4.91. The van der Waals surface area contributed by atoms with Gasteiger partial charge in [0.1, 0.15) is 0 Å². The molecule has 2 N–H and O–H groups in total. The maximum Gasteiger partial charge on any atom is 0.261 e. The summed E-state index contributed by atoms with van der Waals surface area (Å²) in [7, 11) is -3.68. The van der Waals surface area contributed by atoms with E-state index in [0.717, 1.165) is 30.2 Å². The number of amides is 1. The van der Waals surface area contributed by atoms with Crippen LogP contribution in [0.5, 0.6) is 0 Å². The van der Waals surface area contributed by atoms with E-state index in [1.807, 2.05) is 18.4 Å². The molecule has 0 spiro atoms. The number of carbonyl (C=O) groups excluding carboxylic acids is 1. The van der Waals surface area contributed by atoms with Gasteiger partial charge >= 0.3 is 0 Å². The Balaban J connectivity index is 1.37. The molecule has 1 atom stereocenters. The Labute approximate surface area is 179 Å². The van der Waals surface area contributed by atoms with Gasteiger partial charge in [-0.15, -0.1) is 11.3 Å². The minimum atomic E-state index is -3.68. The topological polar surface area (TPSA) is 91.4 Å². The highest BCUT2D eigenvalue weighted by molar-refractivity contribution is 7.92. The Kier molecular flexibility index (Phi) is 5.74. The quantitative estimate of drug-likeness (QED) is 0.611. The van der Waals surface area contributed by atoms with Crippen molar-refractivity contribution in [1.29, 1.82) is 0 Å². The standard InChI is InChI=1S/C21H22N4O3S2/c1-15-3-2-4-19(13-15)30(27,28)24-17-7-5-16(6-8-17)20(26)23-18-9-11-25(14-18)21-22-10-12-29-21/h2-8,10,12-13,18,24H,9,11,14H2,1H3,(H,23,26). The van der Waals surface area contributed by atoms with Crippen LogP contribution < -0.4 is 14.9 Å². The van der Waals surface area contributed by atoms with Crippen molar-refractivity contribution in [2.24, 2.45) is 0 Å². The molecule has 156 valence electrons. The Morgan fingerprint density at radius 3 is 2.70 bits per heavy atom. The monoisotopic (exact) mass is 442 g/mol. The molecule has 1 fully saturated rings. The van der Waals surface area contributed by atoms with Crippen LogP contribution in [0.25, 0.3) is 0 Å². The minimum absolute atomic E-state index is 0.0564. The average molecular weight is 443 g/mol. The lowest BCUT2D eigenvalue weighted by Crippen LogP contribution is -2.37. The first-order chi connectivity index (χ1) is 14.4. The molecule has 30 heavy (non-hydrogen) atoms. The zero-order chi connectivity index (χ0) is 21.1. The van der Waals surface area contributed by atoms with Crippen LogP contribution in [0.4, 0.5) is 10.8 Å². The Morgan fingerprint density at radius 1 is 1.20 bits per heavy atom. The zero-order valence-electron chi connectivity index (χ0n) is 16.4. The number of aryl methyl sites for hydroxylation is 1. The summed E-state index contributed by atoms with van der Waals surface area (Å²) in [6.07, 6.45) is 2.64. The molecule has 2 aromatic carbocycles. The number of nitrogens with zero attached hydrogens (tertiary/aromatic N) is 2. The third-order valence-corrected chi connectivity index (χ3v) is 7.12. The van der Waals surface area contributed by atoms with Gasteiger partial charge in [0.15, 0.2) is 5.13 Å². The zero-order valence-corrected chi connectivity index (χ0v) is 18.0. The number of hydrogen-bond donors (Lipinski definition) is 2. The first-order valence-corrected chi connectivity index (χ1v) is 11.9. The van der Waals surface area contributed by atoms with E-state index in [4.69, 9.17) is 0 Å². The van der Waals surface area contributed by atoms with E-state index < -0.39 is 10.0 Å². The van der Waals surface area contributed by atoms with Gasteiger partial charge in [-0.05, 0) is 55.3 Å². The van der Waals surface area contributed by atoms with Crippen molar-refractivity contribution in [1.82, 2.24) is 10.3 Å². The number of rotatable bonds is 6. The smallest absolute Gasteiger partial charge is 0.261 e.